The van der Waals surface area contributed by atoms with Crippen molar-refractivity contribution < 1.29 is 41.2 Å². The van der Waals surface area contributed by atoms with E-state index >= 15 is 0 Å². The maximum Gasteiger partial charge on any atom is 0.455 e. The van der Waals surface area contributed by atoms with E-state index in [1.807, 2.05) is 0 Å². The maximum atomic E-state index is 12.6. The fraction of sp³-hybridized carbons (Fsp3) is 0.308. The van der Waals surface area contributed by atoms with Gasteiger partial charge in [0, 0.05) is 18.4 Å². The van der Waals surface area contributed by atoms with Crippen LogP contribution in [0.4, 0.5) is 13.2 Å². The van der Waals surface area contributed by atoms with Crippen LogP contribution in [0.2, 0.25) is 0 Å². The van der Waals surface area contributed by atoms with Gasteiger partial charge in [0.25, 0.3) is 5.54 Å². The molecule has 0 bridgehead atoms. The molecule has 110 valence electrons. The Balaban J connectivity index is 0.00000361. The summed E-state index contributed by atoms with van der Waals surface area (Å²) in [7, 11) is 0. The van der Waals surface area contributed by atoms with E-state index in [0.29, 0.717) is 5.56 Å². The highest BCUT2D eigenvalue weighted by Gasteiger charge is 2.61. The molecule has 3 nitrogen and oxygen atoms in total. The Bertz CT molecular complexity index is 508. The first kappa shape index (κ1) is 18.3. The van der Waals surface area contributed by atoms with Crippen LogP contribution in [-0.2, 0) is 4.79 Å². The van der Waals surface area contributed by atoms with Gasteiger partial charge in [0.15, 0.2) is 0 Å². The quantitative estimate of drug-likeness (QED) is 0.664. The number of alkyl halides is 3. The molecular weight excluding hydrogens is 295 g/mol. The minimum atomic E-state index is -4.90. The molecule has 4 N–H and O–H groups in total. The van der Waals surface area contributed by atoms with Crippen LogP contribution in [0.3, 0.4) is 0 Å². The lowest BCUT2D eigenvalue weighted by molar-refractivity contribution is -0.523. The number of hydrogen-bond acceptors (Lipinski definition) is 1. The van der Waals surface area contributed by atoms with Crippen LogP contribution in [0.5, 0.6) is 0 Å². The van der Waals surface area contributed by atoms with Gasteiger partial charge in [-0.1, -0.05) is 30.0 Å². The van der Waals surface area contributed by atoms with Crippen LogP contribution < -0.4 is 18.1 Å². The van der Waals surface area contributed by atoms with Gasteiger partial charge in [-0.25, -0.2) is 4.79 Å². The monoisotopic (exact) mass is 307 g/mol. The molecule has 0 fully saturated rings. The Labute approximate surface area is 120 Å². The molecule has 1 aromatic carbocycles. The number of carboxylic acids is 1. The average molecular weight is 308 g/mol. The maximum absolute atomic E-state index is 12.6. The summed E-state index contributed by atoms with van der Waals surface area (Å²) in [5, 5.41) is 8.65. The molecule has 0 aromatic heterocycles. The molecule has 1 atom stereocenters. The zero-order valence-electron chi connectivity index (χ0n) is 10.4. The highest BCUT2D eigenvalue weighted by atomic mass is 35.5. The number of quaternary nitrogens is 1. The molecule has 7 heteroatoms. The lowest BCUT2D eigenvalue weighted by Crippen LogP contribution is -3.00. The largest absolute Gasteiger partial charge is 1.00 e. The first-order valence-electron chi connectivity index (χ1n) is 5.47. The minimum absolute atomic E-state index is 0. The predicted octanol–water partition coefficient (Wildman–Crippen LogP) is -1.55. The van der Waals surface area contributed by atoms with E-state index in [1.165, 1.54) is 0 Å². The van der Waals surface area contributed by atoms with Gasteiger partial charge in [0.1, 0.15) is 0 Å². The molecule has 0 saturated carbocycles. The predicted molar refractivity (Wildman–Crippen MR) is 61.9 cm³/mol. The van der Waals surface area contributed by atoms with E-state index in [2.05, 4.69) is 17.6 Å². The molecule has 20 heavy (non-hydrogen) atoms. The van der Waals surface area contributed by atoms with E-state index in [4.69, 9.17) is 5.11 Å². The molecule has 0 aliphatic carbocycles. The van der Waals surface area contributed by atoms with Crippen molar-refractivity contribution in [2.45, 2.75) is 24.6 Å². The van der Waals surface area contributed by atoms with Gasteiger partial charge in [0.2, 0.25) is 0 Å². The highest BCUT2D eigenvalue weighted by molar-refractivity contribution is 5.77. The summed E-state index contributed by atoms with van der Waals surface area (Å²) in [4.78, 5) is 10.7. The second-order valence-corrected chi connectivity index (χ2v) is 4.05. The Morgan fingerprint density at radius 3 is 2.25 bits per heavy atom. The van der Waals surface area contributed by atoms with Crippen molar-refractivity contribution in [2.24, 2.45) is 0 Å². The number of hydrogen-bond donors (Lipinski definition) is 2. The summed E-state index contributed by atoms with van der Waals surface area (Å²) in [6.45, 7) is 0. The fourth-order valence-corrected chi connectivity index (χ4v) is 1.33. The summed E-state index contributed by atoms with van der Waals surface area (Å²) in [5.74, 6) is 3.22. The van der Waals surface area contributed by atoms with Gasteiger partial charge in [0.05, 0.1) is 0 Å². The van der Waals surface area contributed by atoms with Crippen molar-refractivity contribution in [3.8, 4) is 11.8 Å². The third-order valence-electron chi connectivity index (χ3n) is 2.64. The molecule has 1 aromatic rings. The lowest BCUT2D eigenvalue weighted by atomic mass is 9.94. The highest BCUT2D eigenvalue weighted by Crippen LogP contribution is 2.30. The molecule has 0 amide bonds. The summed E-state index contributed by atoms with van der Waals surface area (Å²) in [6, 6.07) is 8.72. The van der Waals surface area contributed by atoms with Gasteiger partial charge in [-0.3, -0.25) is 0 Å². The summed E-state index contributed by atoms with van der Waals surface area (Å²) in [5.41, 5.74) is 0.457. The van der Waals surface area contributed by atoms with Crippen molar-refractivity contribution in [3.63, 3.8) is 0 Å². The molecule has 0 aliphatic heterocycles. The third kappa shape index (κ3) is 4.44. The Morgan fingerprint density at radius 1 is 1.25 bits per heavy atom. The summed E-state index contributed by atoms with van der Waals surface area (Å²) in [6.07, 6.45) is -5.76. The topological polar surface area (TPSA) is 64.9 Å². The van der Waals surface area contributed by atoms with Crippen LogP contribution in [0.15, 0.2) is 30.3 Å². The second kappa shape index (κ2) is 7.17. The molecule has 0 heterocycles. The van der Waals surface area contributed by atoms with Crippen LogP contribution in [0, 0.1) is 11.8 Å². The van der Waals surface area contributed by atoms with Gasteiger partial charge in [-0.2, -0.15) is 13.2 Å². The second-order valence-electron chi connectivity index (χ2n) is 4.05. The van der Waals surface area contributed by atoms with Crippen molar-refractivity contribution in [2.75, 3.05) is 0 Å². The first-order chi connectivity index (χ1) is 8.77. The minimum Gasteiger partial charge on any atom is -1.00 e. The molecule has 1 unspecified atom stereocenters. The zero-order valence-corrected chi connectivity index (χ0v) is 11.1. The van der Waals surface area contributed by atoms with Crippen molar-refractivity contribution in [1.29, 1.82) is 0 Å². The van der Waals surface area contributed by atoms with Gasteiger partial charge in [-0.15, -0.1) is 0 Å². The SMILES string of the molecule is [Cl-].[NH3+]C(CCC#Cc1ccccc1)(C(=O)O)C(F)(F)F. The lowest BCUT2D eigenvalue weighted by Gasteiger charge is -2.22. The van der Waals surface area contributed by atoms with Crippen LogP contribution in [0.25, 0.3) is 0 Å². The van der Waals surface area contributed by atoms with E-state index < -0.39 is 24.1 Å². The van der Waals surface area contributed by atoms with Crippen LogP contribution in [-0.4, -0.2) is 22.8 Å². The van der Waals surface area contributed by atoms with E-state index in [-0.39, 0.29) is 18.8 Å². The number of carboxylic acid groups (broad SMARTS) is 1. The van der Waals surface area contributed by atoms with E-state index in [0.717, 1.165) is 0 Å². The number of aliphatic carboxylic acids is 1. The normalized spacial score (nSPS) is 13.4. The molecule has 0 saturated heterocycles. The Hall–Kier alpha value is -1.71. The molecule has 0 radical (unpaired) electrons. The van der Waals surface area contributed by atoms with Crippen molar-refractivity contribution in [3.05, 3.63) is 35.9 Å². The van der Waals surface area contributed by atoms with Crippen LogP contribution in [0.1, 0.15) is 18.4 Å². The number of carbonyl (C=O) groups is 1. The smallest absolute Gasteiger partial charge is 0.455 e. The van der Waals surface area contributed by atoms with Crippen molar-refractivity contribution >= 4 is 5.97 Å². The fourth-order valence-electron chi connectivity index (χ4n) is 1.33. The molecule has 1 rings (SSSR count). The van der Waals surface area contributed by atoms with Gasteiger partial charge < -0.3 is 23.2 Å². The number of halogens is 4. The number of benzene rings is 1. The molecule has 0 spiro atoms. The van der Waals surface area contributed by atoms with Crippen molar-refractivity contribution in [1.82, 2.24) is 0 Å². The standard InChI is InChI=1S/C13H12F3NO2.ClH/c14-13(15,16)12(17,11(18)19)9-5-4-8-10-6-2-1-3-7-10;/h1-3,6-7H,5,9,17H2,(H,18,19);1H. The van der Waals surface area contributed by atoms with Gasteiger partial charge in [-0.05, 0) is 12.1 Å². The Morgan fingerprint density at radius 2 is 1.80 bits per heavy atom. The average Bonchev–Trinajstić information content (AvgIpc) is 2.34. The number of rotatable bonds is 3. The molecular formula is C13H13ClF3NO2. The third-order valence-corrected chi connectivity index (χ3v) is 2.64. The van der Waals surface area contributed by atoms with E-state index in [9.17, 15) is 18.0 Å². The zero-order chi connectivity index (χ0) is 14.5. The first-order valence-corrected chi connectivity index (χ1v) is 5.47. The molecule has 0 aliphatic rings. The summed E-state index contributed by atoms with van der Waals surface area (Å²) >= 11 is 0. The van der Waals surface area contributed by atoms with Gasteiger partial charge >= 0.3 is 12.1 Å². The Kier molecular flexibility index (Phi) is 6.56. The van der Waals surface area contributed by atoms with Crippen LogP contribution >= 0.6 is 0 Å². The summed E-state index contributed by atoms with van der Waals surface area (Å²) < 4.78 is 37.8. The van der Waals surface area contributed by atoms with E-state index in [1.54, 1.807) is 30.3 Å².